The molecule has 8 nitrogen and oxygen atoms in total. The molecule has 1 amide bonds. The van der Waals surface area contributed by atoms with Crippen LogP contribution in [0.1, 0.15) is 10.5 Å². The second-order valence-electron chi connectivity index (χ2n) is 4.22. The molecule has 0 aliphatic heterocycles. The number of imidazole rings is 1. The standard InChI is InChI=1S/C12H9ClN6O2/c1-18-12(21)19-6-14-9(10(19)16-17-18)11(20)15-8-5-3-2-4-7(8)13/h2-6H,1H3,(H,15,20). The monoisotopic (exact) mass is 304 g/mol. The molecule has 0 saturated carbocycles. The number of rotatable bonds is 2. The van der Waals surface area contributed by atoms with Crippen molar-refractivity contribution >= 4 is 28.8 Å². The van der Waals surface area contributed by atoms with Gasteiger partial charge >= 0.3 is 5.69 Å². The number of benzene rings is 1. The van der Waals surface area contributed by atoms with Gasteiger partial charge in [-0.25, -0.2) is 14.2 Å². The Morgan fingerprint density at radius 1 is 1.33 bits per heavy atom. The number of hydrogen-bond donors (Lipinski definition) is 1. The zero-order valence-corrected chi connectivity index (χ0v) is 11.6. The molecule has 1 aromatic carbocycles. The van der Waals surface area contributed by atoms with Crippen molar-refractivity contribution < 1.29 is 4.79 Å². The van der Waals surface area contributed by atoms with Gasteiger partial charge in [0.05, 0.1) is 10.7 Å². The molecule has 1 N–H and O–H groups in total. The Morgan fingerprint density at radius 3 is 2.86 bits per heavy atom. The molecular formula is C12H9ClN6O2. The van der Waals surface area contributed by atoms with Gasteiger partial charge in [-0.05, 0) is 12.1 Å². The Hall–Kier alpha value is -2.74. The number of carbonyl (C=O) groups excluding carboxylic acids is 1. The molecule has 0 fully saturated rings. The van der Waals surface area contributed by atoms with Gasteiger partial charge in [-0.1, -0.05) is 28.9 Å². The van der Waals surface area contributed by atoms with Crippen LogP contribution in [0.15, 0.2) is 35.4 Å². The van der Waals surface area contributed by atoms with Crippen molar-refractivity contribution in [1.29, 1.82) is 0 Å². The SMILES string of the molecule is Cn1nnc2c(C(=O)Nc3ccccc3Cl)ncn2c1=O. The highest BCUT2D eigenvalue weighted by Gasteiger charge is 2.17. The number of hydrogen-bond acceptors (Lipinski definition) is 5. The average molecular weight is 305 g/mol. The first-order valence-electron chi connectivity index (χ1n) is 5.91. The number of halogens is 1. The first-order chi connectivity index (χ1) is 10.1. The fourth-order valence-electron chi connectivity index (χ4n) is 1.79. The predicted molar refractivity (Wildman–Crippen MR) is 75.4 cm³/mol. The van der Waals surface area contributed by atoms with E-state index in [9.17, 15) is 9.59 Å². The minimum atomic E-state index is -0.520. The van der Waals surface area contributed by atoms with E-state index in [0.29, 0.717) is 10.7 Å². The summed E-state index contributed by atoms with van der Waals surface area (Å²) in [4.78, 5) is 27.9. The lowest BCUT2D eigenvalue weighted by Gasteiger charge is -2.05. The van der Waals surface area contributed by atoms with Crippen LogP contribution < -0.4 is 11.0 Å². The van der Waals surface area contributed by atoms with Gasteiger partial charge in [0.2, 0.25) is 0 Å². The third kappa shape index (κ3) is 2.25. The normalized spacial score (nSPS) is 10.8. The van der Waals surface area contributed by atoms with Gasteiger partial charge in [-0.15, -0.1) is 5.10 Å². The van der Waals surface area contributed by atoms with E-state index in [-0.39, 0.29) is 11.3 Å². The van der Waals surface area contributed by atoms with Crippen LogP contribution in [0.25, 0.3) is 5.65 Å². The number of anilines is 1. The molecule has 2 aromatic heterocycles. The number of carbonyl (C=O) groups is 1. The summed E-state index contributed by atoms with van der Waals surface area (Å²) in [5, 5.41) is 10.5. The highest BCUT2D eigenvalue weighted by molar-refractivity contribution is 6.33. The van der Waals surface area contributed by atoms with E-state index < -0.39 is 11.6 Å². The first kappa shape index (κ1) is 13.3. The molecule has 0 unspecified atom stereocenters. The third-order valence-corrected chi connectivity index (χ3v) is 3.17. The number of amides is 1. The van der Waals surface area contributed by atoms with E-state index in [1.54, 1.807) is 24.3 Å². The van der Waals surface area contributed by atoms with Gasteiger partial charge in [0.25, 0.3) is 5.91 Å². The number of aromatic nitrogens is 5. The van der Waals surface area contributed by atoms with Crippen LogP contribution in [0.3, 0.4) is 0 Å². The predicted octanol–water partition coefficient (Wildman–Crippen LogP) is 0.729. The van der Waals surface area contributed by atoms with Gasteiger partial charge < -0.3 is 5.32 Å². The summed E-state index contributed by atoms with van der Waals surface area (Å²) >= 11 is 5.97. The summed E-state index contributed by atoms with van der Waals surface area (Å²) in [5.41, 5.74) is 0.0918. The molecule has 0 aliphatic carbocycles. The van der Waals surface area contributed by atoms with Gasteiger partial charge in [0.1, 0.15) is 6.33 Å². The molecule has 3 aromatic rings. The van der Waals surface area contributed by atoms with Crippen molar-refractivity contribution in [3.05, 3.63) is 51.8 Å². The third-order valence-electron chi connectivity index (χ3n) is 2.84. The van der Waals surface area contributed by atoms with Crippen LogP contribution in [0, 0.1) is 0 Å². The maximum atomic E-state index is 12.2. The average Bonchev–Trinajstić information content (AvgIpc) is 2.90. The highest BCUT2D eigenvalue weighted by Crippen LogP contribution is 2.21. The van der Waals surface area contributed by atoms with Crippen LogP contribution in [0.5, 0.6) is 0 Å². The number of nitrogens with one attached hydrogen (secondary N) is 1. The van der Waals surface area contributed by atoms with Crippen molar-refractivity contribution in [1.82, 2.24) is 24.4 Å². The number of aryl methyl sites for hydroxylation is 1. The van der Waals surface area contributed by atoms with E-state index in [2.05, 4.69) is 20.6 Å². The molecule has 3 rings (SSSR count). The van der Waals surface area contributed by atoms with Crippen molar-refractivity contribution in [3.8, 4) is 0 Å². The van der Waals surface area contributed by atoms with Gasteiger partial charge in [0, 0.05) is 7.05 Å². The van der Waals surface area contributed by atoms with Crippen molar-refractivity contribution in [2.75, 3.05) is 5.32 Å². The molecule has 0 bridgehead atoms. The van der Waals surface area contributed by atoms with Gasteiger partial charge in [-0.2, -0.15) is 4.68 Å². The lowest BCUT2D eigenvalue weighted by atomic mass is 10.3. The molecule has 0 saturated heterocycles. The zero-order chi connectivity index (χ0) is 15.0. The van der Waals surface area contributed by atoms with Crippen LogP contribution in [0.2, 0.25) is 5.02 Å². The summed E-state index contributed by atoms with van der Waals surface area (Å²) in [6, 6.07) is 6.79. The largest absolute Gasteiger partial charge is 0.352 e. The van der Waals surface area contributed by atoms with Crippen LogP contribution >= 0.6 is 11.6 Å². The topological polar surface area (TPSA) is 94.2 Å². The lowest BCUT2D eigenvalue weighted by Crippen LogP contribution is -2.27. The molecule has 0 radical (unpaired) electrons. The summed E-state index contributed by atoms with van der Waals surface area (Å²) in [7, 11) is 1.46. The molecule has 0 atom stereocenters. The summed E-state index contributed by atoms with van der Waals surface area (Å²) in [6.45, 7) is 0. The number of fused-ring (bicyclic) bond motifs is 1. The Bertz CT molecular complexity index is 900. The summed E-state index contributed by atoms with van der Waals surface area (Å²) in [6.07, 6.45) is 1.23. The van der Waals surface area contributed by atoms with E-state index in [1.807, 2.05) is 0 Å². The highest BCUT2D eigenvalue weighted by atomic mass is 35.5. The van der Waals surface area contributed by atoms with Gasteiger partial charge in [0.15, 0.2) is 11.3 Å². The number of para-hydroxylation sites is 1. The second kappa shape index (κ2) is 4.98. The van der Waals surface area contributed by atoms with E-state index in [1.165, 1.54) is 13.4 Å². The molecule has 2 heterocycles. The molecule has 106 valence electrons. The van der Waals surface area contributed by atoms with Gasteiger partial charge in [-0.3, -0.25) is 4.79 Å². The van der Waals surface area contributed by atoms with Crippen LogP contribution in [-0.4, -0.2) is 30.3 Å². The molecule has 0 aliphatic rings. The first-order valence-corrected chi connectivity index (χ1v) is 6.28. The van der Waals surface area contributed by atoms with Crippen LogP contribution in [0.4, 0.5) is 5.69 Å². The Morgan fingerprint density at radius 2 is 2.10 bits per heavy atom. The second-order valence-corrected chi connectivity index (χ2v) is 4.62. The summed E-state index contributed by atoms with van der Waals surface area (Å²) < 4.78 is 2.19. The minimum Gasteiger partial charge on any atom is -0.319 e. The Labute approximate surface area is 123 Å². The zero-order valence-electron chi connectivity index (χ0n) is 10.8. The minimum absolute atomic E-state index is 0.000111. The molecule has 0 spiro atoms. The lowest BCUT2D eigenvalue weighted by molar-refractivity contribution is 0.102. The van der Waals surface area contributed by atoms with E-state index >= 15 is 0 Å². The maximum Gasteiger partial charge on any atom is 0.352 e. The summed E-state index contributed by atoms with van der Waals surface area (Å²) in [5.74, 6) is -0.520. The fourth-order valence-corrected chi connectivity index (χ4v) is 1.97. The maximum absolute atomic E-state index is 12.2. The molecule has 9 heteroatoms. The van der Waals surface area contributed by atoms with Crippen molar-refractivity contribution in [2.45, 2.75) is 0 Å². The molecule has 21 heavy (non-hydrogen) atoms. The molecular weight excluding hydrogens is 296 g/mol. The smallest absolute Gasteiger partial charge is 0.319 e. The van der Waals surface area contributed by atoms with Crippen molar-refractivity contribution in [2.24, 2.45) is 7.05 Å². The van der Waals surface area contributed by atoms with Crippen molar-refractivity contribution in [3.63, 3.8) is 0 Å². The quantitative estimate of drug-likeness (QED) is 0.753. The van der Waals surface area contributed by atoms with Crippen LogP contribution in [-0.2, 0) is 7.05 Å². The number of nitrogens with zero attached hydrogens (tertiary/aromatic N) is 5. The van der Waals surface area contributed by atoms with E-state index in [0.717, 1.165) is 9.08 Å². The van der Waals surface area contributed by atoms with E-state index in [4.69, 9.17) is 11.6 Å². The fraction of sp³-hybridized carbons (Fsp3) is 0.0833. The Kier molecular flexibility index (Phi) is 3.15. The Balaban J connectivity index is 2.01.